The van der Waals surface area contributed by atoms with Crippen LogP contribution < -0.4 is 15.2 Å². The second-order valence-corrected chi connectivity index (χ2v) is 8.40. The molecule has 9 nitrogen and oxygen atoms in total. The van der Waals surface area contributed by atoms with E-state index in [1.807, 2.05) is 11.8 Å². The third kappa shape index (κ3) is 5.26. The van der Waals surface area contributed by atoms with E-state index in [2.05, 4.69) is 16.5 Å². The van der Waals surface area contributed by atoms with Crippen LogP contribution >= 0.6 is 0 Å². The van der Waals surface area contributed by atoms with Crippen LogP contribution in [0.25, 0.3) is 17.0 Å². The number of fused-ring (bicyclic) bond motifs is 1. The lowest BCUT2D eigenvalue weighted by Gasteiger charge is -2.27. The van der Waals surface area contributed by atoms with E-state index in [4.69, 9.17) is 9.15 Å². The van der Waals surface area contributed by atoms with Gasteiger partial charge in [-0.25, -0.2) is 14.9 Å². The molecule has 4 rings (SSSR count). The first-order chi connectivity index (χ1) is 17.4. The Kier molecular flexibility index (Phi) is 7.70. The van der Waals surface area contributed by atoms with Crippen LogP contribution in [0.3, 0.4) is 0 Å². The van der Waals surface area contributed by atoms with Crippen LogP contribution in [0.4, 0.5) is 17.5 Å². The summed E-state index contributed by atoms with van der Waals surface area (Å²) >= 11 is 0. The molecule has 1 amide bonds. The summed E-state index contributed by atoms with van der Waals surface area (Å²) in [6, 6.07) is 6.37. The highest BCUT2D eigenvalue weighted by Gasteiger charge is 2.21. The summed E-state index contributed by atoms with van der Waals surface area (Å²) < 4.78 is 11.5. The van der Waals surface area contributed by atoms with Crippen molar-refractivity contribution in [1.82, 2.24) is 9.97 Å². The van der Waals surface area contributed by atoms with Gasteiger partial charge in [0.2, 0.25) is 5.95 Å². The fourth-order valence-corrected chi connectivity index (χ4v) is 4.01. The van der Waals surface area contributed by atoms with Gasteiger partial charge >= 0.3 is 0 Å². The maximum atomic E-state index is 12.9. The molecule has 0 saturated carbocycles. The Morgan fingerprint density at radius 2 is 2.03 bits per heavy atom. The number of anilines is 3. The molecule has 0 radical (unpaired) electrons. The van der Waals surface area contributed by atoms with Gasteiger partial charge in [-0.2, -0.15) is 0 Å². The molecule has 2 aromatic heterocycles. The van der Waals surface area contributed by atoms with Crippen LogP contribution in [-0.4, -0.2) is 48.5 Å². The van der Waals surface area contributed by atoms with Gasteiger partial charge in [-0.1, -0.05) is 19.9 Å². The number of hydrogen-bond acceptors (Lipinski definition) is 8. The number of aldehydes is 1. The van der Waals surface area contributed by atoms with Crippen molar-refractivity contribution in [2.24, 2.45) is 0 Å². The van der Waals surface area contributed by atoms with E-state index in [1.54, 1.807) is 37.4 Å². The monoisotopic (exact) mass is 488 g/mol. The zero-order valence-electron chi connectivity index (χ0n) is 20.4. The number of rotatable bonds is 8. The molecule has 1 aliphatic heterocycles. The van der Waals surface area contributed by atoms with E-state index in [1.165, 1.54) is 17.0 Å². The number of nitrogens with zero attached hydrogens (tertiary/aromatic N) is 4. The van der Waals surface area contributed by atoms with Gasteiger partial charge in [0.05, 0.1) is 30.0 Å². The summed E-state index contributed by atoms with van der Waals surface area (Å²) in [4.78, 5) is 49.2. The van der Waals surface area contributed by atoms with Gasteiger partial charge < -0.3 is 14.1 Å². The summed E-state index contributed by atoms with van der Waals surface area (Å²) in [5, 5.41) is 0.400. The van der Waals surface area contributed by atoms with Crippen molar-refractivity contribution in [3.05, 3.63) is 70.2 Å². The molecule has 0 bridgehead atoms. The SMILES string of the molecule is C=CC(=O)N(c1ccc2c(=O)cc(N3CCOCC3)oc2c1)c1ncc(/C=C(/C=O)CCC)c(C)n1. The van der Waals surface area contributed by atoms with E-state index in [0.29, 0.717) is 72.1 Å². The molecule has 0 atom stereocenters. The van der Waals surface area contributed by atoms with Crippen LogP contribution in [0.1, 0.15) is 31.0 Å². The van der Waals surface area contributed by atoms with Crippen molar-refractivity contribution >= 4 is 46.8 Å². The molecule has 3 aromatic rings. The number of carbonyl (C=O) groups is 2. The van der Waals surface area contributed by atoms with Gasteiger partial charge in [-0.3, -0.25) is 14.4 Å². The summed E-state index contributed by atoms with van der Waals surface area (Å²) in [7, 11) is 0. The highest BCUT2D eigenvalue weighted by atomic mass is 16.5. The van der Waals surface area contributed by atoms with Crippen LogP contribution in [-0.2, 0) is 14.3 Å². The van der Waals surface area contributed by atoms with Crippen LogP contribution in [0.5, 0.6) is 0 Å². The Labute approximate surface area is 208 Å². The lowest BCUT2D eigenvalue weighted by molar-refractivity contribution is -0.113. The maximum absolute atomic E-state index is 12.9. The highest BCUT2D eigenvalue weighted by molar-refractivity contribution is 6.06. The quantitative estimate of drug-likeness (QED) is 0.347. The van der Waals surface area contributed by atoms with E-state index in [-0.39, 0.29) is 11.4 Å². The number of aryl methyl sites for hydroxylation is 1. The average molecular weight is 489 g/mol. The van der Waals surface area contributed by atoms with Gasteiger partial charge in [0.25, 0.3) is 5.91 Å². The van der Waals surface area contributed by atoms with Crippen molar-refractivity contribution in [2.75, 3.05) is 36.1 Å². The number of carbonyl (C=O) groups excluding carboxylic acids is 2. The number of aromatic nitrogens is 2. The van der Waals surface area contributed by atoms with Crippen molar-refractivity contribution in [3.8, 4) is 0 Å². The first-order valence-electron chi connectivity index (χ1n) is 11.8. The molecule has 0 unspecified atom stereocenters. The van der Waals surface area contributed by atoms with Crippen LogP contribution in [0.2, 0.25) is 0 Å². The molecule has 0 aliphatic carbocycles. The summed E-state index contributed by atoms with van der Waals surface area (Å²) in [5.41, 5.74) is 2.55. The zero-order chi connectivity index (χ0) is 25.7. The van der Waals surface area contributed by atoms with Gasteiger partial charge in [-0.15, -0.1) is 0 Å². The molecular formula is C27H28N4O5. The van der Waals surface area contributed by atoms with Crippen molar-refractivity contribution in [1.29, 1.82) is 0 Å². The molecule has 0 spiro atoms. The largest absolute Gasteiger partial charge is 0.440 e. The van der Waals surface area contributed by atoms with E-state index in [9.17, 15) is 14.4 Å². The number of ether oxygens (including phenoxy) is 1. The molecule has 36 heavy (non-hydrogen) atoms. The summed E-state index contributed by atoms with van der Waals surface area (Å²) in [6.07, 6.45) is 6.84. The smallest absolute Gasteiger partial charge is 0.257 e. The second kappa shape index (κ2) is 11.1. The predicted octanol–water partition coefficient (Wildman–Crippen LogP) is 3.96. The number of hydrogen-bond donors (Lipinski definition) is 0. The number of allylic oxidation sites excluding steroid dienone is 1. The molecular weight excluding hydrogens is 460 g/mol. The average Bonchev–Trinajstić information content (AvgIpc) is 2.90. The minimum atomic E-state index is -0.441. The Morgan fingerprint density at radius 3 is 2.69 bits per heavy atom. The van der Waals surface area contributed by atoms with Crippen molar-refractivity contribution in [2.45, 2.75) is 26.7 Å². The number of benzene rings is 1. The van der Waals surface area contributed by atoms with Gasteiger partial charge in [0.1, 0.15) is 11.9 Å². The van der Waals surface area contributed by atoms with Crippen molar-refractivity contribution < 1.29 is 18.7 Å². The Morgan fingerprint density at radius 1 is 1.25 bits per heavy atom. The van der Waals surface area contributed by atoms with Gasteiger partial charge in [0, 0.05) is 37.0 Å². The normalized spacial score (nSPS) is 14.1. The number of morpholine rings is 1. The predicted molar refractivity (Wildman–Crippen MR) is 139 cm³/mol. The zero-order valence-corrected chi connectivity index (χ0v) is 20.4. The standard InChI is InChI=1S/C27H28N4O5/c1-4-6-19(17-32)13-20-16-28-27(29-18(20)3)31(25(34)5-2)21-7-8-22-23(33)15-26(36-24(22)14-21)30-9-11-35-12-10-30/h5,7-8,13-17H,2,4,6,9-12H2,1,3H3/b19-13+. The first kappa shape index (κ1) is 25.0. The molecule has 3 heterocycles. The van der Waals surface area contributed by atoms with E-state index < -0.39 is 5.91 Å². The summed E-state index contributed by atoms with van der Waals surface area (Å²) in [5.74, 6) is 0.155. The maximum Gasteiger partial charge on any atom is 0.257 e. The minimum Gasteiger partial charge on any atom is -0.440 e. The topological polar surface area (TPSA) is 106 Å². The fraction of sp³-hybridized carbons (Fsp3) is 0.296. The third-order valence-corrected chi connectivity index (χ3v) is 5.91. The molecule has 1 fully saturated rings. The fourth-order valence-electron chi connectivity index (χ4n) is 4.01. The Balaban J connectivity index is 1.76. The molecule has 1 aromatic carbocycles. The van der Waals surface area contributed by atoms with Gasteiger partial charge in [-0.05, 0) is 43.2 Å². The lowest BCUT2D eigenvalue weighted by atomic mass is 10.1. The first-order valence-corrected chi connectivity index (χ1v) is 11.8. The molecule has 1 aliphatic rings. The lowest BCUT2D eigenvalue weighted by Crippen LogP contribution is -2.36. The Bertz CT molecular complexity index is 1390. The Hall–Kier alpha value is -4.11. The molecule has 1 saturated heterocycles. The third-order valence-electron chi connectivity index (χ3n) is 5.91. The molecule has 0 N–H and O–H groups in total. The van der Waals surface area contributed by atoms with Crippen molar-refractivity contribution in [3.63, 3.8) is 0 Å². The van der Waals surface area contributed by atoms with Gasteiger partial charge in [0.15, 0.2) is 11.3 Å². The van der Waals surface area contributed by atoms with E-state index >= 15 is 0 Å². The van der Waals surface area contributed by atoms with Crippen LogP contribution in [0.15, 0.2) is 57.9 Å². The minimum absolute atomic E-state index is 0.142. The molecule has 186 valence electrons. The highest BCUT2D eigenvalue weighted by Crippen LogP contribution is 2.29. The van der Waals surface area contributed by atoms with E-state index in [0.717, 1.165) is 12.7 Å². The number of amides is 1. The summed E-state index contributed by atoms with van der Waals surface area (Å²) in [6.45, 7) is 9.74. The van der Waals surface area contributed by atoms with Crippen LogP contribution in [0, 0.1) is 6.92 Å². The molecule has 9 heteroatoms. The second-order valence-electron chi connectivity index (χ2n) is 8.40.